The van der Waals surface area contributed by atoms with Crippen molar-refractivity contribution in [3.05, 3.63) is 47.3 Å². The van der Waals surface area contributed by atoms with E-state index in [0.717, 1.165) is 0 Å². The van der Waals surface area contributed by atoms with Crippen molar-refractivity contribution < 1.29 is 28.8 Å². The fraction of sp³-hybridized carbons (Fsp3) is 0.200. The third kappa shape index (κ3) is 2.64. The zero-order valence-electron chi connectivity index (χ0n) is 13.1. The molecule has 1 saturated heterocycles. The molecule has 1 aromatic carbocycles. The first-order valence-electron chi connectivity index (χ1n) is 7.57. The molecule has 0 aliphatic carbocycles. The van der Waals surface area contributed by atoms with Crippen LogP contribution in [0.1, 0.15) is 31.2 Å². The number of benzene rings is 1. The molecule has 0 spiro atoms. The molecular weight excluding hydrogens is 346 g/mol. The number of imide groups is 1. The highest BCUT2D eigenvalue weighted by molar-refractivity contribution is 6.21. The molecule has 0 radical (unpaired) electrons. The van der Waals surface area contributed by atoms with Gasteiger partial charge in [0.25, 0.3) is 11.8 Å². The maximum atomic E-state index is 12.2. The maximum absolute atomic E-state index is 12.2. The van der Waals surface area contributed by atoms with Crippen molar-refractivity contribution in [1.29, 1.82) is 0 Å². The van der Waals surface area contributed by atoms with Gasteiger partial charge in [0, 0.05) is 0 Å². The van der Waals surface area contributed by atoms with Crippen molar-refractivity contribution in [1.82, 2.24) is 25.4 Å². The SMILES string of the molecule is O=C1NCC(Cn2cc(C(=O)ON3C(=O)c4ccccc4C3=O)nn2)O1. The molecule has 1 fully saturated rings. The first kappa shape index (κ1) is 15.7. The molecule has 2 aromatic rings. The van der Waals surface area contributed by atoms with Crippen LogP contribution in [0, 0.1) is 0 Å². The molecule has 3 heterocycles. The first-order chi connectivity index (χ1) is 12.5. The number of rotatable bonds is 4. The number of amides is 3. The van der Waals surface area contributed by atoms with Gasteiger partial charge in [0.15, 0.2) is 5.69 Å². The van der Waals surface area contributed by atoms with Gasteiger partial charge in [-0.3, -0.25) is 9.59 Å². The van der Waals surface area contributed by atoms with Crippen LogP contribution in [0.25, 0.3) is 0 Å². The van der Waals surface area contributed by atoms with E-state index in [1.807, 2.05) is 0 Å². The Morgan fingerprint density at radius 2 is 1.92 bits per heavy atom. The van der Waals surface area contributed by atoms with E-state index < -0.39 is 30.0 Å². The maximum Gasteiger partial charge on any atom is 0.407 e. The summed E-state index contributed by atoms with van der Waals surface area (Å²) in [5.41, 5.74) is 0.118. The van der Waals surface area contributed by atoms with Gasteiger partial charge in [0.05, 0.1) is 30.4 Å². The van der Waals surface area contributed by atoms with E-state index in [9.17, 15) is 19.2 Å². The van der Waals surface area contributed by atoms with Crippen LogP contribution in [0.4, 0.5) is 4.79 Å². The van der Waals surface area contributed by atoms with Crippen LogP contribution in [-0.4, -0.2) is 56.6 Å². The van der Waals surface area contributed by atoms with Crippen molar-refractivity contribution in [3.8, 4) is 0 Å². The number of ether oxygens (including phenoxy) is 1. The summed E-state index contributed by atoms with van der Waals surface area (Å²) in [4.78, 5) is 52.4. The van der Waals surface area contributed by atoms with Crippen molar-refractivity contribution >= 4 is 23.9 Å². The minimum absolute atomic E-state index is 0.157. The van der Waals surface area contributed by atoms with E-state index in [1.54, 1.807) is 12.1 Å². The second-order valence-electron chi connectivity index (χ2n) is 5.56. The fourth-order valence-corrected chi connectivity index (χ4v) is 2.60. The Labute approximate surface area is 145 Å². The van der Waals surface area contributed by atoms with Gasteiger partial charge >= 0.3 is 12.1 Å². The number of carbonyl (C=O) groups excluding carboxylic acids is 4. The third-order valence-electron chi connectivity index (χ3n) is 3.82. The smallest absolute Gasteiger partial charge is 0.407 e. The van der Waals surface area contributed by atoms with Crippen LogP contribution in [0.3, 0.4) is 0 Å². The van der Waals surface area contributed by atoms with Crippen molar-refractivity contribution in [2.75, 3.05) is 6.54 Å². The monoisotopic (exact) mass is 357 g/mol. The highest BCUT2D eigenvalue weighted by Gasteiger charge is 2.39. The van der Waals surface area contributed by atoms with Crippen LogP contribution < -0.4 is 5.32 Å². The minimum Gasteiger partial charge on any atom is -0.442 e. The molecule has 1 atom stereocenters. The number of hydrogen-bond acceptors (Lipinski definition) is 8. The Kier molecular flexibility index (Phi) is 3.60. The molecule has 1 unspecified atom stereocenters. The van der Waals surface area contributed by atoms with E-state index in [-0.39, 0.29) is 23.4 Å². The van der Waals surface area contributed by atoms with Crippen LogP contribution in [0.2, 0.25) is 0 Å². The van der Waals surface area contributed by atoms with E-state index in [0.29, 0.717) is 11.6 Å². The standard InChI is InChI=1S/C15H11N5O6/c21-12-9-3-1-2-4-10(9)13(22)20(12)26-14(23)11-7-19(18-17-11)6-8-5-16-15(24)25-8/h1-4,7-8H,5-6H2,(H,16,24). The molecule has 11 nitrogen and oxygen atoms in total. The quantitative estimate of drug-likeness (QED) is 0.741. The summed E-state index contributed by atoms with van der Waals surface area (Å²) >= 11 is 0. The molecule has 0 bridgehead atoms. The van der Waals surface area contributed by atoms with Crippen LogP contribution in [0.15, 0.2) is 30.5 Å². The summed E-state index contributed by atoms with van der Waals surface area (Å²) in [5.74, 6) is -2.46. The summed E-state index contributed by atoms with van der Waals surface area (Å²) in [7, 11) is 0. The van der Waals surface area contributed by atoms with Gasteiger partial charge in [-0.2, -0.15) is 0 Å². The van der Waals surface area contributed by atoms with Crippen LogP contribution in [-0.2, 0) is 16.1 Å². The Balaban J connectivity index is 1.44. The number of fused-ring (bicyclic) bond motifs is 1. The lowest BCUT2D eigenvalue weighted by molar-refractivity contribution is -0.0588. The van der Waals surface area contributed by atoms with E-state index in [2.05, 4.69) is 15.6 Å². The number of cyclic esters (lactones) is 1. The number of carbonyl (C=O) groups is 4. The number of nitrogens with one attached hydrogen (secondary N) is 1. The van der Waals surface area contributed by atoms with Gasteiger partial charge in [-0.05, 0) is 12.1 Å². The average Bonchev–Trinajstić information content (AvgIpc) is 3.32. The number of alkyl carbamates (subject to hydrolysis) is 1. The summed E-state index contributed by atoms with van der Waals surface area (Å²) < 4.78 is 6.25. The molecule has 2 aliphatic rings. The minimum atomic E-state index is -1.01. The molecule has 1 aromatic heterocycles. The topological polar surface area (TPSA) is 133 Å². The number of hydroxylamine groups is 2. The zero-order valence-corrected chi connectivity index (χ0v) is 13.1. The number of nitrogens with zero attached hydrogens (tertiary/aromatic N) is 4. The summed E-state index contributed by atoms with van der Waals surface area (Å²) in [6, 6.07) is 6.14. The lowest BCUT2D eigenvalue weighted by Gasteiger charge is -2.11. The second-order valence-corrected chi connectivity index (χ2v) is 5.56. The van der Waals surface area contributed by atoms with Crippen molar-refractivity contribution in [2.45, 2.75) is 12.6 Å². The van der Waals surface area contributed by atoms with Gasteiger partial charge in [-0.1, -0.05) is 22.4 Å². The summed E-state index contributed by atoms with van der Waals surface area (Å²) in [6.07, 6.45) is 0.303. The summed E-state index contributed by atoms with van der Waals surface area (Å²) in [6.45, 7) is 0.500. The average molecular weight is 357 g/mol. The van der Waals surface area contributed by atoms with Crippen molar-refractivity contribution in [2.24, 2.45) is 0 Å². The molecule has 4 rings (SSSR count). The molecular formula is C15H11N5O6. The van der Waals surface area contributed by atoms with Crippen LogP contribution >= 0.6 is 0 Å². The molecule has 26 heavy (non-hydrogen) atoms. The predicted molar refractivity (Wildman–Crippen MR) is 80.7 cm³/mol. The largest absolute Gasteiger partial charge is 0.442 e. The lowest BCUT2D eigenvalue weighted by Crippen LogP contribution is -2.32. The van der Waals surface area contributed by atoms with Crippen LogP contribution in [0.5, 0.6) is 0 Å². The molecule has 132 valence electrons. The van der Waals surface area contributed by atoms with E-state index in [4.69, 9.17) is 9.57 Å². The highest BCUT2D eigenvalue weighted by Crippen LogP contribution is 2.23. The van der Waals surface area contributed by atoms with Crippen molar-refractivity contribution in [3.63, 3.8) is 0 Å². The normalized spacial score (nSPS) is 18.5. The lowest BCUT2D eigenvalue weighted by atomic mass is 10.1. The predicted octanol–water partition coefficient (Wildman–Crippen LogP) is -0.246. The van der Waals surface area contributed by atoms with Gasteiger partial charge in [-0.25, -0.2) is 14.3 Å². The Morgan fingerprint density at radius 3 is 2.54 bits per heavy atom. The molecule has 3 amide bonds. The number of hydrogen-bond donors (Lipinski definition) is 1. The van der Waals surface area contributed by atoms with E-state index in [1.165, 1.54) is 23.0 Å². The van der Waals surface area contributed by atoms with Gasteiger partial charge in [-0.15, -0.1) is 5.10 Å². The zero-order chi connectivity index (χ0) is 18.3. The van der Waals surface area contributed by atoms with Gasteiger partial charge in [0.2, 0.25) is 0 Å². The molecule has 0 saturated carbocycles. The fourth-order valence-electron chi connectivity index (χ4n) is 2.60. The molecule has 2 aliphatic heterocycles. The molecule has 1 N–H and O–H groups in total. The second kappa shape index (κ2) is 5.95. The Bertz CT molecular complexity index is 903. The Hall–Kier alpha value is -3.76. The van der Waals surface area contributed by atoms with Gasteiger partial charge < -0.3 is 14.9 Å². The summed E-state index contributed by atoms with van der Waals surface area (Å²) in [5, 5.41) is 10.3. The number of aromatic nitrogens is 3. The first-order valence-corrected chi connectivity index (χ1v) is 7.57. The van der Waals surface area contributed by atoms with E-state index >= 15 is 0 Å². The molecule has 11 heteroatoms. The third-order valence-corrected chi connectivity index (χ3v) is 3.82. The highest BCUT2D eigenvalue weighted by atomic mass is 16.7. The Morgan fingerprint density at radius 1 is 1.23 bits per heavy atom. The van der Waals surface area contributed by atoms with Gasteiger partial charge in [0.1, 0.15) is 6.10 Å².